The minimum absolute atomic E-state index is 0.126. The van der Waals surface area contributed by atoms with Crippen molar-refractivity contribution in [3.63, 3.8) is 0 Å². The number of halogens is 1. The van der Waals surface area contributed by atoms with Crippen LogP contribution in [0.4, 0.5) is 0 Å². The molecule has 0 aromatic heterocycles. The van der Waals surface area contributed by atoms with E-state index in [1.54, 1.807) is 6.07 Å². The van der Waals surface area contributed by atoms with Gasteiger partial charge in [-0.2, -0.15) is 0 Å². The van der Waals surface area contributed by atoms with Gasteiger partial charge in [-0.3, -0.25) is 0 Å². The zero-order chi connectivity index (χ0) is 13.5. The van der Waals surface area contributed by atoms with Crippen LogP contribution in [0.3, 0.4) is 0 Å². The highest BCUT2D eigenvalue weighted by molar-refractivity contribution is 9.10. The van der Waals surface area contributed by atoms with Crippen molar-refractivity contribution in [2.24, 2.45) is 0 Å². The van der Waals surface area contributed by atoms with Crippen molar-refractivity contribution < 1.29 is 5.11 Å². The molecule has 2 atom stereocenters. The molecule has 2 N–H and O–H groups in total. The van der Waals surface area contributed by atoms with Crippen molar-refractivity contribution in [3.05, 3.63) is 28.2 Å². The molecule has 0 saturated carbocycles. The van der Waals surface area contributed by atoms with Gasteiger partial charge in [-0.1, -0.05) is 29.8 Å². The lowest BCUT2D eigenvalue weighted by atomic mass is 10.0. The lowest BCUT2D eigenvalue weighted by molar-refractivity contribution is 0.399. The van der Waals surface area contributed by atoms with Crippen molar-refractivity contribution in [2.75, 3.05) is 0 Å². The van der Waals surface area contributed by atoms with E-state index in [0.717, 1.165) is 22.9 Å². The molecule has 0 spiro atoms. The zero-order valence-corrected chi connectivity index (χ0v) is 12.5. The number of aromatic hydroxyl groups is 1. The first kappa shape index (κ1) is 15.1. The fourth-order valence-electron chi connectivity index (χ4n) is 1.98. The average Bonchev–Trinajstić information content (AvgIpc) is 2.37. The molecule has 1 aromatic carbocycles. The molecule has 0 bridgehead atoms. The predicted octanol–water partition coefficient (Wildman–Crippen LogP) is 4.00. The van der Waals surface area contributed by atoms with Crippen LogP contribution in [0.25, 0.3) is 0 Å². The number of terminal acetylenes is 1. The highest BCUT2D eigenvalue weighted by Gasteiger charge is 2.17. The molecule has 1 aromatic rings. The first-order chi connectivity index (χ1) is 8.62. The standard InChI is InChI=1S/C15H20BrNO/c1-4-7-12(5-2)17-14(6-3)13-10-11(16)8-9-15(13)18/h1,8-10,12,14,17-18H,5-7H2,2-3H3. The molecule has 0 aliphatic rings. The lowest BCUT2D eigenvalue weighted by Crippen LogP contribution is -2.32. The minimum Gasteiger partial charge on any atom is -0.508 e. The maximum atomic E-state index is 9.95. The van der Waals surface area contributed by atoms with E-state index >= 15 is 0 Å². The highest BCUT2D eigenvalue weighted by Crippen LogP contribution is 2.30. The highest BCUT2D eigenvalue weighted by atomic mass is 79.9. The van der Waals surface area contributed by atoms with Gasteiger partial charge in [0, 0.05) is 28.5 Å². The maximum Gasteiger partial charge on any atom is 0.120 e. The molecule has 3 heteroatoms. The maximum absolute atomic E-state index is 9.95. The SMILES string of the molecule is C#CCC(CC)NC(CC)c1cc(Br)ccc1O. The third kappa shape index (κ3) is 4.04. The first-order valence-electron chi connectivity index (χ1n) is 6.30. The van der Waals surface area contributed by atoms with E-state index in [4.69, 9.17) is 6.42 Å². The second-order valence-electron chi connectivity index (χ2n) is 4.34. The number of hydrogen-bond acceptors (Lipinski definition) is 2. The molecule has 2 unspecified atom stereocenters. The van der Waals surface area contributed by atoms with Crippen LogP contribution < -0.4 is 5.32 Å². The summed E-state index contributed by atoms with van der Waals surface area (Å²) >= 11 is 3.44. The van der Waals surface area contributed by atoms with Gasteiger partial charge in [0.25, 0.3) is 0 Å². The average molecular weight is 310 g/mol. The van der Waals surface area contributed by atoms with Gasteiger partial charge in [0.2, 0.25) is 0 Å². The third-order valence-corrected chi connectivity index (χ3v) is 3.56. The molecule has 0 radical (unpaired) electrons. The van der Waals surface area contributed by atoms with Gasteiger partial charge in [-0.15, -0.1) is 12.3 Å². The van der Waals surface area contributed by atoms with Crippen LogP contribution in [0.2, 0.25) is 0 Å². The van der Waals surface area contributed by atoms with Gasteiger partial charge >= 0.3 is 0 Å². The largest absolute Gasteiger partial charge is 0.508 e. The fourth-order valence-corrected chi connectivity index (χ4v) is 2.36. The van der Waals surface area contributed by atoms with Crippen molar-refractivity contribution >= 4 is 15.9 Å². The monoisotopic (exact) mass is 309 g/mol. The molecule has 2 nitrogen and oxygen atoms in total. The van der Waals surface area contributed by atoms with Crippen LogP contribution in [0.15, 0.2) is 22.7 Å². The topological polar surface area (TPSA) is 32.3 Å². The normalized spacial score (nSPS) is 13.9. The summed E-state index contributed by atoms with van der Waals surface area (Å²) in [6, 6.07) is 5.93. The van der Waals surface area contributed by atoms with Crippen molar-refractivity contribution in [3.8, 4) is 18.1 Å². The van der Waals surface area contributed by atoms with E-state index in [1.807, 2.05) is 12.1 Å². The second-order valence-corrected chi connectivity index (χ2v) is 5.26. The van der Waals surface area contributed by atoms with E-state index in [2.05, 4.69) is 41.0 Å². The summed E-state index contributed by atoms with van der Waals surface area (Å²) in [4.78, 5) is 0. The molecular weight excluding hydrogens is 290 g/mol. The van der Waals surface area contributed by atoms with E-state index in [9.17, 15) is 5.11 Å². The number of benzene rings is 1. The summed E-state index contributed by atoms with van der Waals surface area (Å²) in [6.45, 7) is 4.21. The molecule has 1 rings (SSSR count). The molecule has 0 aliphatic carbocycles. The van der Waals surface area contributed by atoms with Gasteiger partial charge < -0.3 is 10.4 Å². The third-order valence-electron chi connectivity index (χ3n) is 3.07. The van der Waals surface area contributed by atoms with Gasteiger partial charge in [0.05, 0.1) is 0 Å². The number of hydrogen-bond donors (Lipinski definition) is 2. The van der Waals surface area contributed by atoms with Crippen molar-refractivity contribution in [1.82, 2.24) is 5.32 Å². The van der Waals surface area contributed by atoms with Gasteiger partial charge in [-0.25, -0.2) is 0 Å². The van der Waals surface area contributed by atoms with Crippen LogP contribution in [-0.4, -0.2) is 11.1 Å². The minimum atomic E-state index is 0.126. The van der Waals surface area contributed by atoms with Gasteiger partial charge in [0.15, 0.2) is 0 Å². The Bertz CT molecular complexity index is 425. The summed E-state index contributed by atoms with van der Waals surface area (Å²) in [5, 5.41) is 13.5. The Kier molecular flexibility index (Phi) is 6.24. The Labute approximate surface area is 118 Å². The lowest BCUT2D eigenvalue weighted by Gasteiger charge is -2.24. The summed E-state index contributed by atoms with van der Waals surface area (Å²) in [5.74, 6) is 3.02. The molecule has 0 amide bonds. The molecule has 0 saturated heterocycles. The van der Waals surface area contributed by atoms with Crippen LogP contribution in [0.5, 0.6) is 5.75 Å². The fraction of sp³-hybridized carbons (Fsp3) is 0.467. The van der Waals surface area contributed by atoms with Crippen LogP contribution in [0, 0.1) is 12.3 Å². The van der Waals surface area contributed by atoms with E-state index in [0.29, 0.717) is 18.2 Å². The summed E-state index contributed by atoms with van der Waals surface area (Å²) in [7, 11) is 0. The van der Waals surface area contributed by atoms with Crippen molar-refractivity contribution in [2.45, 2.75) is 45.2 Å². The molecule has 0 aliphatic heterocycles. The summed E-state index contributed by atoms with van der Waals surface area (Å²) in [6.07, 6.45) is 7.97. The molecule has 98 valence electrons. The van der Waals surface area contributed by atoms with Crippen LogP contribution >= 0.6 is 15.9 Å². The van der Waals surface area contributed by atoms with E-state index in [-0.39, 0.29) is 6.04 Å². The molecule has 18 heavy (non-hydrogen) atoms. The van der Waals surface area contributed by atoms with Gasteiger partial charge in [-0.05, 0) is 31.0 Å². The predicted molar refractivity (Wildman–Crippen MR) is 79.5 cm³/mol. The zero-order valence-electron chi connectivity index (χ0n) is 10.9. The Morgan fingerprint density at radius 1 is 1.39 bits per heavy atom. The Balaban J connectivity index is 2.88. The number of rotatable bonds is 6. The molecular formula is C15H20BrNO. The molecule has 0 heterocycles. The number of phenolic OH excluding ortho intramolecular Hbond substituents is 1. The second kappa shape index (κ2) is 7.45. The van der Waals surface area contributed by atoms with Gasteiger partial charge in [0.1, 0.15) is 5.75 Å². The van der Waals surface area contributed by atoms with Crippen LogP contribution in [-0.2, 0) is 0 Å². The number of nitrogens with one attached hydrogen (secondary N) is 1. The molecule has 0 fully saturated rings. The number of phenols is 1. The Morgan fingerprint density at radius 2 is 2.11 bits per heavy atom. The quantitative estimate of drug-likeness (QED) is 0.779. The summed E-state index contributed by atoms with van der Waals surface area (Å²) in [5.41, 5.74) is 0.919. The smallest absolute Gasteiger partial charge is 0.120 e. The van der Waals surface area contributed by atoms with E-state index in [1.165, 1.54) is 0 Å². The van der Waals surface area contributed by atoms with E-state index < -0.39 is 0 Å². The Morgan fingerprint density at radius 3 is 2.67 bits per heavy atom. The van der Waals surface area contributed by atoms with Crippen molar-refractivity contribution in [1.29, 1.82) is 0 Å². The van der Waals surface area contributed by atoms with Crippen LogP contribution in [0.1, 0.15) is 44.7 Å². The first-order valence-corrected chi connectivity index (χ1v) is 7.09. The summed E-state index contributed by atoms with van der Waals surface area (Å²) < 4.78 is 0.973. The Hall–Kier alpha value is -0.980.